The number of hydrogen-bond donors (Lipinski definition) is 1. The summed E-state index contributed by atoms with van der Waals surface area (Å²) >= 11 is 0. The molecule has 2 rings (SSSR count). The van der Waals surface area contributed by atoms with Crippen LogP contribution in [0.25, 0.3) is 0 Å². The summed E-state index contributed by atoms with van der Waals surface area (Å²) in [6, 6.07) is 6.72. The zero-order valence-electron chi connectivity index (χ0n) is 13.9. The Balaban J connectivity index is 2.16. The first kappa shape index (κ1) is 17.7. The second-order valence-corrected chi connectivity index (χ2v) is 7.78. The van der Waals surface area contributed by atoms with Crippen LogP contribution in [0.4, 0.5) is 0 Å². The Hall–Kier alpha value is -1.69. The van der Waals surface area contributed by atoms with E-state index in [1.165, 1.54) is 0 Å². The molecule has 0 aromatic heterocycles. The first-order chi connectivity index (χ1) is 11.0. The van der Waals surface area contributed by atoms with Crippen LogP contribution in [0.15, 0.2) is 24.3 Å². The third-order valence-electron chi connectivity index (χ3n) is 4.29. The van der Waals surface area contributed by atoms with Crippen molar-refractivity contribution in [2.24, 2.45) is 0 Å². The van der Waals surface area contributed by atoms with Gasteiger partial charge in [-0.2, -0.15) is 0 Å². The van der Waals surface area contributed by atoms with Gasteiger partial charge in [-0.05, 0) is 38.5 Å². The third kappa shape index (κ3) is 3.99. The summed E-state index contributed by atoms with van der Waals surface area (Å²) in [7, 11) is -0.882. The van der Waals surface area contributed by atoms with Gasteiger partial charge in [0, 0.05) is 46.8 Å². The van der Waals surface area contributed by atoms with E-state index in [-0.39, 0.29) is 23.1 Å². The van der Waals surface area contributed by atoms with Crippen LogP contribution in [0.5, 0.6) is 0 Å². The van der Waals surface area contributed by atoms with E-state index in [0.29, 0.717) is 30.0 Å². The van der Waals surface area contributed by atoms with Crippen LogP contribution in [0, 0.1) is 0 Å². The van der Waals surface area contributed by atoms with Crippen molar-refractivity contribution in [3.05, 3.63) is 35.4 Å². The monoisotopic (exact) mass is 336 g/mol. The molecule has 6 heteroatoms. The number of nitrogens with zero attached hydrogens (tertiary/aromatic N) is 1. The average molecular weight is 336 g/mol. The Morgan fingerprint density at radius 2 is 2.00 bits per heavy atom. The van der Waals surface area contributed by atoms with Gasteiger partial charge < -0.3 is 10.2 Å². The van der Waals surface area contributed by atoms with Crippen LogP contribution in [0.2, 0.25) is 0 Å². The van der Waals surface area contributed by atoms with E-state index in [2.05, 4.69) is 5.32 Å². The van der Waals surface area contributed by atoms with Crippen molar-refractivity contribution in [1.82, 2.24) is 10.2 Å². The summed E-state index contributed by atoms with van der Waals surface area (Å²) in [5.74, 6) is 0.238. The Bertz CT molecular complexity index is 618. The number of hydrogen-bond acceptors (Lipinski definition) is 3. The average Bonchev–Trinajstić information content (AvgIpc) is 2.57. The fourth-order valence-electron chi connectivity index (χ4n) is 2.64. The van der Waals surface area contributed by atoms with Gasteiger partial charge in [-0.25, -0.2) is 0 Å². The lowest BCUT2D eigenvalue weighted by atomic mass is 10.1. The quantitative estimate of drug-likeness (QED) is 0.912. The molecule has 5 nitrogen and oxygen atoms in total. The molecule has 23 heavy (non-hydrogen) atoms. The van der Waals surface area contributed by atoms with Crippen molar-refractivity contribution in [2.45, 2.75) is 38.5 Å². The fourth-order valence-corrected chi connectivity index (χ4v) is 3.97. The second-order valence-electron chi connectivity index (χ2n) is 5.87. The molecule has 3 atom stereocenters. The number of amides is 2. The molecule has 0 unspecified atom stereocenters. The molecular weight excluding hydrogens is 312 g/mol. The summed E-state index contributed by atoms with van der Waals surface area (Å²) in [5.41, 5.74) is 0.992. The summed E-state index contributed by atoms with van der Waals surface area (Å²) in [6.45, 7) is 6.93. The van der Waals surface area contributed by atoms with Gasteiger partial charge in [-0.1, -0.05) is 13.0 Å². The maximum atomic E-state index is 12.7. The standard InChI is InChI=1S/C17H24N2O3S/c1-4-8-18-16(20)14-6-5-7-15(11-14)17(21)19-9-10-23(22)13(3)12(19)2/h5-7,11-13H,4,8-10H2,1-3H3,(H,18,20)/t12-,13+,23+/m1/s1. The Kier molecular flexibility index (Phi) is 5.93. The molecule has 0 radical (unpaired) electrons. The number of nitrogens with one attached hydrogen (secondary N) is 1. The minimum Gasteiger partial charge on any atom is -0.352 e. The van der Waals surface area contributed by atoms with Gasteiger partial charge in [-0.15, -0.1) is 0 Å². The molecule has 0 saturated carbocycles. The summed E-state index contributed by atoms with van der Waals surface area (Å²) in [4.78, 5) is 26.5. The van der Waals surface area contributed by atoms with E-state index in [1.807, 2.05) is 20.8 Å². The van der Waals surface area contributed by atoms with E-state index in [4.69, 9.17) is 0 Å². The maximum absolute atomic E-state index is 12.7. The van der Waals surface area contributed by atoms with Crippen LogP contribution >= 0.6 is 0 Å². The highest BCUT2D eigenvalue weighted by Gasteiger charge is 2.33. The topological polar surface area (TPSA) is 66.5 Å². The molecule has 1 aromatic rings. The number of carbonyl (C=O) groups excluding carboxylic acids is 2. The van der Waals surface area contributed by atoms with Gasteiger partial charge in [0.1, 0.15) is 0 Å². The van der Waals surface area contributed by atoms with Crippen LogP contribution < -0.4 is 5.32 Å². The van der Waals surface area contributed by atoms with Gasteiger partial charge in [-0.3, -0.25) is 13.8 Å². The van der Waals surface area contributed by atoms with Crippen molar-refractivity contribution < 1.29 is 13.8 Å². The van der Waals surface area contributed by atoms with E-state index < -0.39 is 10.8 Å². The zero-order valence-corrected chi connectivity index (χ0v) is 14.7. The van der Waals surface area contributed by atoms with Gasteiger partial charge in [0.25, 0.3) is 11.8 Å². The molecule has 1 heterocycles. The van der Waals surface area contributed by atoms with Crippen molar-refractivity contribution in [3.8, 4) is 0 Å². The summed E-state index contributed by atoms with van der Waals surface area (Å²) in [5, 5.41) is 2.77. The lowest BCUT2D eigenvalue weighted by Gasteiger charge is -2.37. The van der Waals surface area contributed by atoms with Gasteiger partial charge in [0.2, 0.25) is 0 Å². The van der Waals surface area contributed by atoms with Crippen molar-refractivity contribution in [2.75, 3.05) is 18.8 Å². The van der Waals surface area contributed by atoms with Crippen molar-refractivity contribution in [3.63, 3.8) is 0 Å². The van der Waals surface area contributed by atoms with Crippen LogP contribution in [-0.2, 0) is 10.8 Å². The van der Waals surface area contributed by atoms with Crippen molar-refractivity contribution >= 4 is 22.6 Å². The van der Waals surface area contributed by atoms with E-state index >= 15 is 0 Å². The number of benzene rings is 1. The largest absolute Gasteiger partial charge is 0.352 e. The molecule has 2 amide bonds. The molecule has 1 aliphatic heterocycles. The molecule has 1 aliphatic rings. The molecule has 1 aromatic carbocycles. The van der Waals surface area contributed by atoms with Gasteiger partial charge in [0.05, 0.1) is 5.25 Å². The van der Waals surface area contributed by atoms with Crippen LogP contribution in [-0.4, -0.2) is 51.1 Å². The van der Waals surface area contributed by atoms with Crippen LogP contribution in [0.1, 0.15) is 47.9 Å². The third-order valence-corrected chi connectivity index (χ3v) is 6.10. The normalized spacial score (nSPS) is 24.3. The van der Waals surface area contributed by atoms with Crippen LogP contribution in [0.3, 0.4) is 0 Å². The van der Waals surface area contributed by atoms with E-state index in [1.54, 1.807) is 29.2 Å². The first-order valence-electron chi connectivity index (χ1n) is 8.02. The smallest absolute Gasteiger partial charge is 0.254 e. The minimum atomic E-state index is -0.882. The molecule has 0 spiro atoms. The highest BCUT2D eigenvalue weighted by molar-refractivity contribution is 7.85. The Morgan fingerprint density at radius 1 is 1.30 bits per heavy atom. The van der Waals surface area contributed by atoms with E-state index in [0.717, 1.165) is 6.42 Å². The van der Waals surface area contributed by atoms with Gasteiger partial charge in [0.15, 0.2) is 0 Å². The molecule has 1 N–H and O–H groups in total. The Morgan fingerprint density at radius 3 is 2.70 bits per heavy atom. The summed E-state index contributed by atoms with van der Waals surface area (Å²) < 4.78 is 11.9. The highest BCUT2D eigenvalue weighted by Crippen LogP contribution is 2.19. The lowest BCUT2D eigenvalue weighted by molar-refractivity contribution is 0.0695. The molecular formula is C17H24N2O3S. The van der Waals surface area contributed by atoms with Gasteiger partial charge >= 0.3 is 0 Å². The summed E-state index contributed by atoms with van der Waals surface area (Å²) in [6.07, 6.45) is 0.866. The first-order valence-corrected chi connectivity index (χ1v) is 9.40. The SMILES string of the molecule is CCCNC(=O)c1cccc(C(=O)N2CC[S@](=O)[C@@H](C)[C@H]2C)c1. The number of carbonyl (C=O) groups is 2. The highest BCUT2D eigenvalue weighted by atomic mass is 32.2. The predicted octanol–water partition coefficient (Wildman–Crippen LogP) is 1.81. The molecule has 0 bridgehead atoms. The molecule has 0 aliphatic carbocycles. The molecule has 1 saturated heterocycles. The minimum absolute atomic E-state index is 0.0382. The predicted molar refractivity (Wildman–Crippen MR) is 92.0 cm³/mol. The zero-order chi connectivity index (χ0) is 17.0. The Labute approximate surface area is 139 Å². The number of rotatable bonds is 4. The molecule has 1 fully saturated rings. The van der Waals surface area contributed by atoms with E-state index in [9.17, 15) is 13.8 Å². The second kappa shape index (κ2) is 7.73. The maximum Gasteiger partial charge on any atom is 0.254 e. The molecule has 126 valence electrons. The van der Waals surface area contributed by atoms with Crippen molar-refractivity contribution in [1.29, 1.82) is 0 Å². The lowest BCUT2D eigenvalue weighted by Crippen LogP contribution is -2.52. The fraction of sp³-hybridized carbons (Fsp3) is 0.529.